The van der Waals surface area contributed by atoms with Gasteiger partial charge in [0, 0.05) is 12.6 Å². The van der Waals surface area contributed by atoms with Gasteiger partial charge in [-0.15, -0.1) is 0 Å². The molecule has 0 bridgehead atoms. The van der Waals surface area contributed by atoms with Crippen LogP contribution in [0.3, 0.4) is 0 Å². The third-order valence-electron chi connectivity index (χ3n) is 1.63. The summed E-state index contributed by atoms with van der Waals surface area (Å²) in [5.74, 6) is 0.711. The van der Waals surface area contributed by atoms with Crippen LogP contribution in [0.25, 0.3) is 11.4 Å². The van der Waals surface area contributed by atoms with E-state index in [2.05, 4.69) is 20.3 Å². The summed E-state index contributed by atoms with van der Waals surface area (Å²) in [6, 6.07) is 1.82. The summed E-state index contributed by atoms with van der Waals surface area (Å²) in [6.45, 7) is 0. The largest absolute Gasteiger partial charge is 0.279 e. The summed E-state index contributed by atoms with van der Waals surface area (Å²) in [6.07, 6.45) is 3.24. The van der Waals surface area contributed by atoms with Crippen molar-refractivity contribution in [1.29, 1.82) is 0 Å². The molecule has 5 nitrogen and oxygen atoms in total. The number of H-pyrrole nitrogens is 1. The van der Waals surface area contributed by atoms with E-state index < -0.39 is 0 Å². The number of aromatic nitrogens is 5. The predicted octanol–water partition coefficient (Wildman–Crippen LogP) is 0.935. The first kappa shape index (κ1) is 8.06. The molecule has 0 saturated heterocycles. The first-order valence-corrected chi connectivity index (χ1v) is 4.08. The van der Waals surface area contributed by atoms with Crippen LogP contribution in [-0.4, -0.2) is 25.0 Å². The van der Waals surface area contributed by atoms with Gasteiger partial charge in [-0.1, -0.05) is 0 Å². The van der Waals surface area contributed by atoms with E-state index in [0.29, 0.717) is 10.6 Å². The zero-order chi connectivity index (χ0) is 9.26. The molecule has 2 aromatic heterocycles. The monoisotopic (exact) mass is 193 g/mol. The molecule has 0 radical (unpaired) electrons. The highest BCUT2D eigenvalue weighted by atomic mass is 32.1. The molecule has 2 heterocycles. The fourth-order valence-corrected chi connectivity index (χ4v) is 1.10. The maximum absolute atomic E-state index is 4.96. The van der Waals surface area contributed by atoms with Crippen molar-refractivity contribution >= 4 is 12.2 Å². The lowest BCUT2D eigenvalue weighted by Crippen LogP contribution is -1.90. The number of hydrogen-bond donors (Lipinski definition) is 1. The third-order valence-corrected chi connectivity index (χ3v) is 1.99. The second-order valence-corrected chi connectivity index (χ2v) is 2.91. The molecule has 0 atom stereocenters. The van der Waals surface area contributed by atoms with Gasteiger partial charge in [-0.05, 0) is 18.3 Å². The Morgan fingerprint density at radius 1 is 1.46 bits per heavy atom. The maximum Gasteiger partial charge on any atom is 0.216 e. The molecular weight excluding hydrogens is 186 g/mol. The van der Waals surface area contributed by atoms with Crippen LogP contribution in [0, 0.1) is 4.77 Å². The van der Waals surface area contributed by atoms with Crippen LogP contribution < -0.4 is 0 Å². The lowest BCUT2D eigenvalue weighted by atomic mass is 10.3. The van der Waals surface area contributed by atoms with Crippen LogP contribution in [0.4, 0.5) is 0 Å². The second kappa shape index (κ2) is 3.06. The predicted molar refractivity (Wildman–Crippen MR) is 49.4 cm³/mol. The highest BCUT2D eigenvalue weighted by molar-refractivity contribution is 7.71. The number of nitrogens with zero attached hydrogens (tertiary/aromatic N) is 4. The molecule has 66 valence electrons. The van der Waals surface area contributed by atoms with Gasteiger partial charge in [-0.25, -0.2) is 0 Å². The normalized spacial score (nSPS) is 10.2. The third kappa shape index (κ3) is 1.48. The Labute approximate surface area is 79.4 Å². The fraction of sp³-hybridized carbons (Fsp3) is 0.143. The number of aryl methyl sites for hydroxylation is 1. The van der Waals surface area contributed by atoms with E-state index in [-0.39, 0.29) is 0 Å². The molecule has 1 N–H and O–H groups in total. The Bertz CT molecular complexity index is 457. The van der Waals surface area contributed by atoms with Crippen LogP contribution in [0.15, 0.2) is 18.5 Å². The SMILES string of the molecule is Cn1[nH]c(-c2ccnnc2)nc1=S. The molecule has 0 fully saturated rings. The molecule has 0 aliphatic rings. The van der Waals surface area contributed by atoms with Crippen molar-refractivity contribution in [2.45, 2.75) is 0 Å². The Balaban J connectivity index is 2.54. The van der Waals surface area contributed by atoms with Gasteiger partial charge < -0.3 is 0 Å². The minimum Gasteiger partial charge on any atom is -0.279 e. The molecule has 2 rings (SSSR count). The van der Waals surface area contributed by atoms with Crippen molar-refractivity contribution in [3.05, 3.63) is 23.2 Å². The minimum atomic E-state index is 0.520. The average molecular weight is 193 g/mol. The first-order valence-electron chi connectivity index (χ1n) is 3.67. The summed E-state index contributed by atoms with van der Waals surface area (Å²) in [7, 11) is 1.81. The molecule has 2 aromatic rings. The fourth-order valence-electron chi connectivity index (χ4n) is 0.962. The van der Waals surface area contributed by atoms with E-state index in [1.165, 1.54) is 0 Å². The zero-order valence-electron chi connectivity index (χ0n) is 6.93. The van der Waals surface area contributed by atoms with E-state index in [9.17, 15) is 0 Å². The molecular formula is C7H7N5S. The van der Waals surface area contributed by atoms with Crippen LogP contribution in [-0.2, 0) is 7.05 Å². The summed E-state index contributed by atoms with van der Waals surface area (Å²) in [5.41, 5.74) is 0.877. The van der Waals surface area contributed by atoms with Crippen molar-refractivity contribution in [2.24, 2.45) is 7.05 Å². The summed E-state index contributed by atoms with van der Waals surface area (Å²) >= 11 is 4.96. The van der Waals surface area contributed by atoms with E-state index >= 15 is 0 Å². The highest BCUT2D eigenvalue weighted by Gasteiger charge is 2.01. The van der Waals surface area contributed by atoms with Crippen molar-refractivity contribution < 1.29 is 0 Å². The summed E-state index contributed by atoms with van der Waals surface area (Å²) in [4.78, 5) is 4.13. The van der Waals surface area contributed by atoms with Crippen LogP contribution in [0.1, 0.15) is 0 Å². The van der Waals surface area contributed by atoms with Gasteiger partial charge in [0.2, 0.25) is 4.77 Å². The topological polar surface area (TPSA) is 59.4 Å². The smallest absolute Gasteiger partial charge is 0.216 e. The van der Waals surface area contributed by atoms with Gasteiger partial charge in [-0.3, -0.25) is 9.78 Å². The van der Waals surface area contributed by atoms with E-state index in [0.717, 1.165) is 5.56 Å². The molecule has 6 heteroatoms. The molecule has 0 aromatic carbocycles. The number of aromatic amines is 1. The zero-order valence-corrected chi connectivity index (χ0v) is 7.75. The van der Waals surface area contributed by atoms with Crippen molar-refractivity contribution in [3.63, 3.8) is 0 Å². The molecule has 0 spiro atoms. The van der Waals surface area contributed by atoms with Gasteiger partial charge in [0.25, 0.3) is 0 Å². The van der Waals surface area contributed by atoms with Gasteiger partial charge in [0.15, 0.2) is 5.82 Å². The Morgan fingerprint density at radius 3 is 2.85 bits per heavy atom. The number of rotatable bonds is 1. The quantitative estimate of drug-likeness (QED) is 0.684. The van der Waals surface area contributed by atoms with Gasteiger partial charge in [0.05, 0.1) is 12.4 Å². The van der Waals surface area contributed by atoms with E-state index in [1.54, 1.807) is 17.1 Å². The maximum atomic E-state index is 4.96. The Hall–Kier alpha value is -1.56. The lowest BCUT2D eigenvalue weighted by molar-refractivity contribution is 0.756. The summed E-state index contributed by atoms with van der Waals surface area (Å²) < 4.78 is 2.19. The van der Waals surface area contributed by atoms with E-state index in [4.69, 9.17) is 12.2 Å². The van der Waals surface area contributed by atoms with Gasteiger partial charge in [0.1, 0.15) is 0 Å². The minimum absolute atomic E-state index is 0.520. The number of nitrogens with one attached hydrogen (secondary N) is 1. The van der Waals surface area contributed by atoms with E-state index in [1.807, 2.05) is 13.1 Å². The van der Waals surface area contributed by atoms with Crippen LogP contribution in [0.5, 0.6) is 0 Å². The molecule has 13 heavy (non-hydrogen) atoms. The molecule has 0 aliphatic carbocycles. The van der Waals surface area contributed by atoms with Crippen molar-refractivity contribution in [1.82, 2.24) is 25.0 Å². The summed E-state index contributed by atoms with van der Waals surface area (Å²) in [5, 5.41) is 10.4. The van der Waals surface area contributed by atoms with Crippen molar-refractivity contribution in [3.8, 4) is 11.4 Å². The van der Waals surface area contributed by atoms with Crippen molar-refractivity contribution in [2.75, 3.05) is 0 Å². The standard InChI is InChI=1S/C7H7N5S/c1-12-7(13)10-6(11-12)5-2-3-8-9-4-5/h2-4H,1H3,(H,10,11,13). The van der Waals surface area contributed by atoms with Crippen LogP contribution in [0.2, 0.25) is 0 Å². The first-order chi connectivity index (χ1) is 6.27. The van der Waals surface area contributed by atoms with Crippen LogP contribution >= 0.6 is 12.2 Å². The lowest BCUT2D eigenvalue weighted by Gasteiger charge is -1.92. The molecule has 0 aliphatic heterocycles. The highest BCUT2D eigenvalue weighted by Crippen LogP contribution is 2.10. The Kier molecular flexibility index (Phi) is 1.90. The van der Waals surface area contributed by atoms with Gasteiger partial charge >= 0.3 is 0 Å². The molecule has 0 amide bonds. The Morgan fingerprint density at radius 2 is 2.31 bits per heavy atom. The second-order valence-electron chi connectivity index (χ2n) is 2.54. The molecule has 0 unspecified atom stereocenters. The molecule has 0 saturated carbocycles. The average Bonchev–Trinajstić information content (AvgIpc) is 2.49. The number of hydrogen-bond acceptors (Lipinski definition) is 4. The van der Waals surface area contributed by atoms with Gasteiger partial charge in [-0.2, -0.15) is 15.2 Å².